The number of hydrogen-bond donors (Lipinski definition) is 0. The molecule has 0 aliphatic carbocycles. The monoisotopic (exact) mass is 368 g/mol. The molecule has 7 nitrogen and oxygen atoms in total. The molecule has 0 fully saturated rings. The third-order valence-corrected chi connectivity index (χ3v) is 5.38. The minimum absolute atomic E-state index is 0.00290. The first-order valence-corrected chi connectivity index (χ1v) is 9.88. The van der Waals surface area contributed by atoms with Crippen molar-refractivity contribution < 1.29 is 32.4 Å². The van der Waals surface area contributed by atoms with E-state index in [-0.39, 0.29) is 18.6 Å². The third kappa shape index (κ3) is 8.46. The average molecular weight is 368 g/mol. The molecule has 0 saturated heterocycles. The van der Waals surface area contributed by atoms with Crippen molar-refractivity contribution in [1.82, 2.24) is 0 Å². The molecule has 0 atom stereocenters. The van der Waals surface area contributed by atoms with Crippen molar-refractivity contribution in [2.45, 2.75) is 33.7 Å². The molecule has 8 heteroatoms. The highest BCUT2D eigenvalue weighted by atomic mass is 28.4. The van der Waals surface area contributed by atoms with Gasteiger partial charge in [0.05, 0.1) is 6.04 Å². The maximum Gasteiger partial charge on any atom is 0.709 e. The van der Waals surface area contributed by atoms with E-state index < -0.39 is 26.7 Å². The molecule has 1 aromatic rings. The average Bonchev–Trinajstić information content (AvgIpc) is 2.45. The molecule has 0 unspecified atom stereocenters. The highest BCUT2D eigenvalue weighted by molar-refractivity contribution is 6.65. The van der Waals surface area contributed by atoms with E-state index in [2.05, 4.69) is 0 Å². The number of hydrogen-bond acceptors (Lipinski definition) is 7. The van der Waals surface area contributed by atoms with Crippen molar-refractivity contribution in [3.8, 4) is 0 Å². The zero-order valence-corrected chi connectivity index (χ0v) is 15.9. The van der Waals surface area contributed by atoms with Crippen molar-refractivity contribution in [1.29, 1.82) is 0 Å². The van der Waals surface area contributed by atoms with E-state index in [0.717, 1.165) is 0 Å². The summed E-state index contributed by atoms with van der Waals surface area (Å²) in [6, 6.07) is 8.90. The molecule has 0 radical (unpaired) electrons. The van der Waals surface area contributed by atoms with Crippen molar-refractivity contribution in [2.75, 3.05) is 13.2 Å². The van der Waals surface area contributed by atoms with Crippen LogP contribution < -0.4 is 0 Å². The molecule has 0 N–H and O–H groups in total. The largest absolute Gasteiger partial charge is 0.709 e. The molecular weight excluding hydrogens is 344 g/mol. The Morgan fingerprint density at radius 1 is 0.960 bits per heavy atom. The number of rotatable bonds is 9. The van der Waals surface area contributed by atoms with Crippen molar-refractivity contribution >= 4 is 26.7 Å². The van der Waals surface area contributed by atoms with Gasteiger partial charge in [-0.1, -0.05) is 44.2 Å². The second kappa shape index (κ2) is 9.95. The fourth-order valence-electron chi connectivity index (χ4n) is 2.04. The van der Waals surface area contributed by atoms with Gasteiger partial charge in [-0.25, -0.2) is 0 Å². The molecule has 0 amide bonds. The summed E-state index contributed by atoms with van der Waals surface area (Å²) in [6.07, 6.45) is 0. The van der Waals surface area contributed by atoms with Crippen molar-refractivity contribution in [3.63, 3.8) is 0 Å². The normalized spacial score (nSPS) is 11.1. The SMILES string of the molecule is CC(=O)O[Si](Cc1ccccc1)(OC(C)=O)OC(=O)COCC(C)C. The molecule has 0 heterocycles. The van der Waals surface area contributed by atoms with Crippen molar-refractivity contribution in [2.24, 2.45) is 5.92 Å². The van der Waals surface area contributed by atoms with Gasteiger partial charge in [0, 0.05) is 20.5 Å². The minimum Gasteiger partial charge on any atom is -0.455 e. The summed E-state index contributed by atoms with van der Waals surface area (Å²) >= 11 is 0. The fourth-order valence-corrected chi connectivity index (χ4v) is 4.39. The van der Waals surface area contributed by atoms with Crippen LogP contribution in [0, 0.1) is 5.92 Å². The molecule has 1 aromatic carbocycles. The van der Waals surface area contributed by atoms with Crippen LogP contribution in [0.15, 0.2) is 30.3 Å². The lowest BCUT2D eigenvalue weighted by molar-refractivity contribution is -0.151. The van der Waals surface area contributed by atoms with Crippen LogP contribution in [-0.4, -0.2) is 39.9 Å². The Morgan fingerprint density at radius 3 is 2.00 bits per heavy atom. The summed E-state index contributed by atoms with van der Waals surface area (Å²) in [7, 11) is -3.93. The molecule has 0 spiro atoms. The van der Waals surface area contributed by atoms with Gasteiger partial charge in [-0.2, -0.15) is 0 Å². The van der Waals surface area contributed by atoms with Gasteiger partial charge >= 0.3 is 14.8 Å². The summed E-state index contributed by atoms with van der Waals surface area (Å²) in [6.45, 7) is 6.28. The lowest BCUT2D eigenvalue weighted by Gasteiger charge is -2.26. The van der Waals surface area contributed by atoms with Crippen LogP contribution in [0.2, 0.25) is 0 Å². The molecule has 0 aliphatic rings. The Hall–Kier alpha value is -2.19. The van der Waals surface area contributed by atoms with Crippen LogP contribution >= 0.6 is 0 Å². The molecule has 25 heavy (non-hydrogen) atoms. The van der Waals surface area contributed by atoms with Crippen LogP contribution in [0.4, 0.5) is 0 Å². The minimum atomic E-state index is -3.93. The highest BCUT2D eigenvalue weighted by Gasteiger charge is 2.52. The predicted molar refractivity (Wildman–Crippen MR) is 91.2 cm³/mol. The standard InChI is InChI=1S/C17H24O7Si/c1-13(2)10-21-11-17(20)24-25(22-14(3)18,23-15(4)19)12-16-8-6-5-7-9-16/h5-9,13H,10-12H2,1-4H3. The maximum atomic E-state index is 12.1. The highest BCUT2D eigenvalue weighted by Crippen LogP contribution is 2.18. The van der Waals surface area contributed by atoms with Gasteiger partial charge in [-0.3, -0.25) is 14.4 Å². The van der Waals surface area contributed by atoms with Gasteiger partial charge in [0.25, 0.3) is 11.9 Å². The lowest BCUT2D eigenvalue weighted by Crippen LogP contribution is -2.52. The summed E-state index contributed by atoms with van der Waals surface area (Å²) in [4.78, 5) is 35.1. The second-order valence-corrected chi connectivity index (χ2v) is 8.25. The zero-order chi connectivity index (χ0) is 18.9. The van der Waals surface area contributed by atoms with Gasteiger partial charge < -0.3 is 18.0 Å². The van der Waals surface area contributed by atoms with E-state index >= 15 is 0 Å². The summed E-state index contributed by atoms with van der Waals surface area (Å²) in [5, 5.41) is 0. The van der Waals surface area contributed by atoms with Gasteiger partial charge in [0.2, 0.25) is 0 Å². The second-order valence-electron chi connectivity index (χ2n) is 5.92. The number of carbonyl (C=O) groups excluding carboxylic acids is 3. The Kier molecular flexibility index (Phi) is 8.30. The van der Waals surface area contributed by atoms with Gasteiger partial charge in [0.1, 0.15) is 6.61 Å². The first-order chi connectivity index (χ1) is 11.7. The predicted octanol–water partition coefficient (Wildman–Crippen LogP) is 2.05. The van der Waals surface area contributed by atoms with Crippen LogP contribution in [0.3, 0.4) is 0 Å². The molecule has 1 rings (SSSR count). The van der Waals surface area contributed by atoms with E-state index in [9.17, 15) is 14.4 Å². The Balaban J connectivity index is 2.95. The van der Waals surface area contributed by atoms with Crippen LogP contribution in [0.5, 0.6) is 0 Å². The van der Waals surface area contributed by atoms with Crippen LogP contribution in [-0.2, 0) is 38.4 Å². The fraction of sp³-hybridized carbons (Fsp3) is 0.471. The summed E-state index contributed by atoms with van der Waals surface area (Å²) in [5.74, 6) is -1.88. The van der Waals surface area contributed by atoms with E-state index in [0.29, 0.717) is 12.2 Å². The molecule has 138 valence electrons. The van der Waals surface area contributed by atoms with Gasteiger partial charge in [-0.05, 0) is 11.5 Å². The van der Waals surface area contributed by atoms with E-state index in [1.165, 1.54) is 13.8 Å². The first-order valence-electron chi connectivity index (χ1n) is 7.95. The third-order valence-electron chi connectivity index (χ3n) is 2.80. The molecule has 0 saturated carbocycles. The quantitative estimate of drug-likeness (QED) is 0.616. The Bertz CT molecular complexity index is 570. The lowest BCUT2D eigenvalue weighted by atomic mass is 10.2. The van der Waals surface area contributed by atoms with Gasteiger partial charge in [0.15, 0.2) is 0 Å². The van der Waals surface area contributed by atoms with Crippen LogP contribution in [0.1, 0.15) is 33.3 Å². The smallest absolute Gasteiger partial charge is 0.455 e. The zero-order valence-electron chi connectivity index (χ0n) is 14.9. The molecule has 0 aliphatic heterocycles. The summed E-state index contributed by atoms with van der Waals surface area (Å²) in [5.41, 5.74) is 0.715. The van der Waals surface area contributed by atoms with E-state index in [1.54, 1.807) is 24.3 Å². The Morgan fingerprint density at radius 2 is 1.52 bits per heavy atom. The van der Waals surface area contributed by atoms with Crippen LogP contribution in [0.25, 0.3) is 0 Å². The van der Waals surface area contributed by atoms with E-state index in [4.69, 9.17) is 18.0 Å². The number of ether oxygens (including phenoxy) is 1. The number of benzene rings is 1. The van der Waals surface area contributed by atoms with E-state index in [1.807, 2.05) is 19.9 Å². The maximum absolute atomic E-state index is 12.1. The molecule has 0 bridgehead atoms. The molecule has 0 aromatic heterocycles. The molecular formula is C17H24O7Si. The Labute approximate surface area is 148 Å². The number of carbonyl (C=O) groups is 3. The van der Waals surface area contributed by atoms with Gasteiger partial charge in [-0.15, -0.1) is 0 Å². The first kappa shape index (κ1) is 20.9. The topological polar surface area (TPSA) is 88.1 Å². The van der Waals surface area contributed by atoms with Crippen molar-refractivity contribution in [3.05, 3.63) is 35.9 Å². The summed E-state index contributed by atoms with van der Waals surface area (Å²) < 4.78 is 21.0.